The zero-order valence-corrected chi connectivity index (χ0v) is 11.6. The van der Waals surface area contributed by atoms with Gasteiger partial charge in [0.2, 0.25) is 0 Å². The summed E-state index contributed by atoms with van der Waals surface area (Å²) < 4.78 is 0. The second-order valence-electron chi connectivity index (χ2n) is 5.32. The predicted octanol–water partition coefficient (Wildman–Crippen LogP) is 1.41. The smallest absolute Gasteiger partial charge is 0.129 e. The van der Waals surface area contributed by atoms with E-state index in [0.717, 1.165) is 30.2 Å². The van der Waals surface area contributed by atoms with Crippen molar-refractivity contribution in [2.45, 2.75) is 32.4 Å². The Bertz CT molecular complexity index is 406. The lowest BCUT2D eigenvalue weighted by Gasteiger charge is -2.28. The van der Waals surface area contributed by atoms with Gasteiger partial charge in [0.15, 0.2) is 0 Å². The molecule has 1 saturated heterocycles. The lowest BCUT2D eigenvalue weighted by atomic mass is 10.2. The number of aliphatic hydroxyl groups is 1. The van der Waals surface area contributed by atoms with Crippen molar-refractivity contribution in [3.8, 4) is 0 Å². The van der Waals surface area contributed by atoms with Crippen molar-refractivity contribution < 1.29 is 5.11 Å². The van der Waals surface area contributed by atoms with Crippen LogP contribution in [0.3, 0.4) is 0 Å². The number of anilines is 1. The number of pyridine rings is 1. The van der Waals surface area contributed by atoms with Crippen LogP contribution in [0.2, 0.25) is 0 Å². The predicted molar refractivity (Wildman–Crippen MR) is 73.8 cm³/mol. The van der Waals surface area contributed by atoms with E-state index in [-0.39, 0.29) is 6.61 Å². The summed E-state index contributed by atoms with van der Waals surface area (Å²) in [4.78, 5) is 9.26. The third-order valence-corrected chi connectivity index (χ3v) is 3.60. The maximum Gasteiger partial charge on any atom is 0.129 e. The standard InChI is InChI=1S/C14H23N3O/c1-11-12(10-18)6-7-14(15-11)17-8-4-5-13(17)9-16(2)3/h6-7,13,18H,4-5,8-10H2,1-3H3. The highest BCUT2D eigenvalue weighted by atomic mass is 16.3. The van der Waals surface area contributed by atoms with Gasteiger partial charge in [-0.2, -0.15) is 0 Å². The molecule has 18 heavy (non-hydrogen) atoms. The van der Waals surface area contributed by atoms with E-state index in [4.69, 9.17) is 0 Å². The molecule has 1 unspecified atom stereocenters. The Morgan fingerprint density at radius 2 is 2.22 bits per heavy atom. The van der Waals surface area contributed by atoms with Gasteiger partial charge in [0, 0.05) is 24.8 Å². The van der Waals surface area contributed by atoms with E-state index >= 15 is 0 Å². The van der Waals surface area contributed by atoms with Crippen LogP contribution >= 0.6 is 0 Å². The van der Waals surface area contributed by atoms with Crippen molar-refractivity contribution in [2.75, 3.05) is 32.1 Å². The van der Waals surface area contributed by atoms with Gasteiger partial charge in [0.25, 0.3) is 0 Å². The molecule has 0 aromatic carbocycles. The fraction of sp³-hybridized carbons (Fsp3) is 0.643. The molecule has 0 spiro atoms. The summed E-state index contributed by atoms with van der Waals surface area (Å²) in [5.41, 5.74) is 1.85. The normalized spacial score (nSPS) is 19.8. The van der Waals surface area contributed by atoms with E-state index in [1.165, 1.54) is 12.8 Å². The summed E-state index contributed by atoms with van der Waals surface area (Å²) >= 11 is 0. The van der Waals surface area contributed by atoms with Crippen molar-refractivity contribution in [1.29, 1.82) is 0 Å². The second kappa shape index (κ2) is 5.67. The van der Waals surface area contributed by atoms with E-state index in [0.29, 0.717) is 6.04 Å². The van der Waals surface area contributed by atoms with Gasteiger partial charge < -0.3 is 14.9 Å². The Hall–Kier alpha value is -1.13. The fourth-order valence-electron chi connectivity index (χ4n) is 2.65. The van der Waals surface area contributed by atoms with E-state index in [9.17, 15) is 5.11 Å². The number of aryl methyl sites for hydroxylation is 1. The number of rotatable bonds is 4. The van der Waals surface area contributed by atoms with E-state index in [2.05, 4.69) is 28.9 Å². The van der Waals surface area contributed by atoms with E-state index in [1.54, 1.807) is 0 Å². The molecule has 1 N–H and O–H groups in total. The second-order valence-corrected chi connectivity index (χ2v) is 5.32. The van der Waals surface area contributed by atoms with Crippen LogP contribution in [-0.2, 0) is 6.61 Å². The number of likely N-dealkylation sites (N-methyl/N-ethyl adjacent to an activating group) is 1. The van der Waals surface area contributed by atoms with Crippen molar-refractivity contribution in [2.24, 2.45) is 0 Å². The van der Waals surface area contributed by atoms with Gasteiger partial charge in [-0.05, 0) is 45.5 Å². The summed E-state index contributed by atoms with van der Waals surface area (Å²) in [5, 5.41) is 9.19. The van der Waals surface area contributed by atoms with Crippen LogP contribution in [0.5, 0.6) is 0 Å². The van der Waals surface area contributed by atoms with Crippen molar-refractivity contribution >= 4 is 5.82 Å². The first-order valence-corrected chi connectivity index (χ1v) is 6.60. The van der Waals surface area contributed by atoms with Crippen molar-refractivity contribution in [3.63, 3.8) is 0 Å². The summed E-state index contributed by atoms with van der Waals surface area (Å²) in [6.45, 7) is 4.19. The van der Waals surface area contributed by atoms with Crippen molar-refractivity contribution in [1.82, 2.24) is 9.88 Å². The lowest BCUT2D eigenvalue weighted by molar-refractivity contribution is 0.280. The molecule has 1 aliphatic rings. The molecule has 1 atom stereocenters. The Morgan fingerprint density at radius 1 is 1.44 bits per heavy atom. The third kappa shape index (κ3) is 2.82. The highest BCUT2D eigenvalue weighted by Crippen LogP contribution is 2.25. The van der Waals surface area contributed by atoms with Crippen LogP contribution in [0.1, 0.15) is 24.1 Å². The molecule has 1 aromatic heterocycles. The molecule has 100 valence electrons. The molecule has 1 aromatic rings. The van der Waals surface area contributed by atoms with Gasteiger partial charge in [-0.3, -0.25) is 0 Å². The molecule has 0 saturated carbocycles. The zero-order valence-electron chi connectivity index (χ0n) is 11.6. The van der Waals surface area contributed by atoms with Crippen LogP contribution in [0.15, 0.2) is 12.1 Å². The number of hydrogen-bond donors (Lipinski definition) is 1. The molecule has 4 heteroatoms. The highest BCUT2D eigenvalue weighted by Gasteiger charge is 2.26. The first kappa shape index (κ1) is 13.3. The molecule has 2 rings (SSSR count). The minimum atomic E-state index is 0.0697. The first-order chi connectivity index (χ1) is 8.61. The van der Waals surface area contributed by atoms with Gasteiger partial charge in [0.05, 0.1) is 6.61 Å². The Morgan fingerprint density at radius 3 is 2.83 bits per heavy atom. The third-order valence-electron chi connectivity index (χ3n) is 3.60. The fourth-order valence-corrected chi connectivity index (χ4v) is 2.65. The molecule has 0 aliphatic carbocycles. The number of aliphatic hydroxyl groups excluding tert-OH is 1. The maximum absolute atomic E-state index is 9.19. The largest absolute Gasteiger partial charge is 0.392 e. The van der Waals surface area contributed by atoms with Crippen LogP contribution in [0, 0.1) is 6.92 Å². The molecule has 2 heterocycles. The van der Waals surface area contributed by atoms with Gasteiger partial charge >= 0.3 is 0 Å². The minimum absolute atomic E-state index is 0.0697. The quantitative estimate of drug-likeness (QED) is 0.876. The van der Waals surface area contributed by atoms with Crippen LogP contribution in [0.25, 0.3) is 0 Å². The average molecular weight is 249 g/mol. The molecule has 0 radical (unpaired) electrons. The summed E-state index contributed by atoms with van der Waals surface area (Å²) in [6, 6.07) is 4.58. The summed E-state index contributed by atoms with van der Waals surface area (Å²) in [7, 11) is 4.23. The molecular weight excluding hydrogens is 226 g/mol. The minimum Gasteiger partial charge on any atom is -0.392 e. The lowest BCUT2D eigenvalue weighted by Crippen LogP contribution is -2.38. The maximum atomic E-state index is 9.19. The summed E-state index contributed by atoms with van der Waals surface area (Å²) in [5.74, 6) is 1.05. The van der Waals surface area contributed by atoms with Gasteiger partial charge in [-0.1, -0.05) is 6.07 Å². The SMILES string of the molecule is Cc1nc(N2CCCC2CN(C)C)ccc1CO. The van der Waals surface area contributed by atoms with Crippen LogP contribution in [0.4, 0.5) is 5.82 Å². The van der Waals surface area contributed by atoms with Gasteiger partial charge in [-0.25, -0.2) is 4.98 Å². The zero-order chi connectivity index (χ0) is 13.1. The average Bonchev–Trinajstić information content (AvgIpc) is 2.76. The number of nitrogens with zero attached hydrogens (tertiary/aromatic N) is 3. The van der Waals surface area contributed by atoms with Crippen molar-refractivity contribution in [3.05, 3.63) is 23.4 Å². The Balaban J connectivity index is 2.17. The first-order valence-electron chi connectivity index (χ1n) is 6.60. The number of hydrogen-bond acceptors (Lipinski definition) is 4. The van der Waals surface area contributed by atoms with Gasteiger partial charge in [-0.15, -0.1) is 0 Å². The van der Waals surface area contributed by atoms with E-state index < -0.39 is 0 Å². The molecule has 1 aliphatic heterocycles. The Kier molecular flexibility index (Phi) is 4.19. The molecule has 1 fully saturated rings. The molecule has 4 nitrogen and oxygen atoms in total. The van der Waals surface area contributed by atoms with Crippen LogP contribution in [-0.4, -0.2) is 48.2 Å². The monoisotopic (exact) mass is 249 g/mol. The summed E-state index contributed by atoms with van der Waals surface area (Å²) in [6.07, 6.45) is 2.47. The van der Waals surface area contributed by atoms with E-state index in [1.807, 2.05) is 19.1 Å². The molecule has 0 amide bonds. The van der Waals surface area contributed by atoms with Crippen LogP contribution < -0.4 is 4.90 Å². The number of aromatic nitrogens is 1. The highest BCUT2D eigenvalue weighted by molar-refractivity contribution is 5.43. The topological polar surface area (TPSA) is 39.6 Å². The molecule has 0 bridgehead atoms. The molecular formula is C14H23N3O. The Labute approximate surface area is 109 Å². The van der Waals surface area contributed by atoms with Gasteiger partial charge in [0.1, 0.15) is 5.82 Å².